The summed E-state index contributed by atoms with van der Waals surface area (Å²) in [5.74, 6) is -0.959. The fourth-order valence-electron chi connectivity index (χ4n) is 5.04. The molecular weight excluding hydrogens is 700 g/mol. The van der Waals surface area contributed by atoms with Gasteiger partial charge >= 0.3 is 24.2 Å². The van der Waals surface area contributed by atoms with E-state index in [9.17, 15) is 24.0 Å². The smallest absolute Gasteiger partial charge is 0.435 e. The van der Waals surface area contributed by atoms with E-state index in [-0.39, 0.29) is 60.2 Å². The normalized spacial score (nSPS) is 13.6. The number of aromatic amines is 1. The molecule has 0 bridgehead atoms. The second-order valence-electron chi connectivity index (χ2n) is 15.7. The Bertz CT molecular complexity index is 1960. The number of fused-ring (bicyclic) bond motifs is 1. The van der Waals surface area contributed by atoms with Crippen molar-refractivity contribution in [2.45, 2.75) is 99.5 Å². The van der Waals surface area contributed by atoms with Crippen LogP contribution in [0.5, 0.6) is 0 Å². The number of nitrogens with one attached hydrogen (secondary N) is 2. The zero-order valence-corrected chi connectivity index (χ0v) is 33.0. The number of carbonyl (C=O) groups excluding carboxylic acids is 5. The lowest BCUT2D eigenvalue weighted by Gasteiger charge is -2.29. The molecule has 3 aromatic heterocycles. The van der Waals surface area contributed by atoms with Gasteiger partial charge in [-0.3, -0.25) is 4.79 Å². The van der Waals surface area contributed by atoms with E-state index in [2.05, 4.69) is 20.4 Å². The summed E-state index contributed by atoms with van der Waals surface area (Å²) in [4.78, 5) is 80.4. The van der Waals surface area contributed by atoms with Crippen LogP contribution in [-0.2, 0) is 30.3 Å². The van der Waals surface area contributed by atoms with Crippen molar-refractivity contribution in [1.29, 1.82) is 0 Å². The predicted octanol–water partition coefficient (Wildman–Crippen LogP) is 6.03. The molecule has 0 atom stereocenters. The molecule has 3 amide bonds. The Balaban J connectivity index is 1.79. The first kappa shape index (κ1) is 41.0. The van der Waals surface area contributed by atoms with Gasteiger partial charge in [-0.1, -0.05) is 0 Å². The first-order chi connectivity index (χ1) is 24.9. The summed E-state index contributed by atoms with van der Waals surface area (Å²) in [5, 5.41) is 7.24. The van der Waals surface area contributed by atoms with Gasteiger partial charge in [0.2, 0.25) is 0 Å². The quantitative estimate of drug-likeness (QED) is 0.146. The van der Waals surface area contributed by atoms with Gasteiger partial charge in [0.25, 0.3) is 5.91 Å². The molecule has 0 aromatic carbocycles. The third-order valence-corrected chi connectivity index (χ3v) is 7.32. The van der Waals surface area contributed by atoms with Gasteiger partial charge in [-0.25, -0.2) is 29.1 Å². The summed E-state index contributed by atoms with van der Waals surface area (Å²) in [5.41, 5.74) is -0.0329. The van der Waals surface area contributed by atoms with Gasteiger partial charge in [-0.15, -0.1) is 0 Å². The second-order valence-corrected chi connectivity index (χ2v) is 15.7. The van der Waals surface area contributed by atoms with Crippen molar-refractivity contribution in [3.05, 3.63) is 46.8 Å². The van der Waals surface area contributed by atoms with Crippen LogP contribution in [0.1, 0.15) is 102 Å². The lowest BCUT2D eigenvalue weighted by atomic mass is 10.1. The Labute approximate surface area is 314 Å². The minimum Gasteiger partial charge on any atom is -0.462 e. The molecule has 2 N–H and O–H groups in total. The van der Waals surface area contributed by atoms with Crippen LogP contribution in [-0.4, -0.2) is 108 Å². The third-order valence-electron chi connectivity index (χ3n) is 7.32. The van der Waals surface area contributed by atoms with Crippen LogP contribution in [0.2, 0.25) is 0 Å². The fourth-order valence-corrected chi connectivity index (χ4v) is 5.04. The molecule has 4 heterocycles. The van der Waals surface area contributed by atoms with Gasteiger partial charge in [-0.05, 0) is 88.3 Å². The molecule has 292 valence electrons. The van der Waals surface area contributed by atoms with E-state index < -0.39 is 47.0 Å². The maximum atomic E-state index is 13.6. The maximum absolute atomic E-state index is 13.6. The van der Waals surface area contributed by atoms with Crippen molar-refractivity contribution in [1.82, 2.24) is 34.5 Å². The number of nitrogens with zero attached hydrogens (tertiary/aromatic N) is 6. The molecule has 0 spiro atoms. The third kappa shape index (κ3) is 10.7. The minimum atomic E-state index is -0.860. The molecule has 0 saturated carbocycles. The number of amides is 3. The first-order valence-electron chi connectivity index (χ1n) is 17.5. The number of hydrogen-bond donors (Lipinski definition) is 2. The van der Waals surface area contributed by atoms with Crippen LogP contribution in [0.4, 0.5) is 20.1 Å². The maximum Gasteiger partial charge on any atom is 0.435 e. The number of anilines is 1. The van der Waals surface area contributed by atoms with Crippen LogP contribution in [0.25, 0.3) is 23.0 Å². The summed E-state index contributed by atoms with van der Waals surface area (Å²) >= 11 is 0. The van der Waals surface area contributed by atoms with E-state index in [4.69, 9.17) is 23.9 Å². The predicted molar refractivity (Wildman–Crippen MR) is 198 cm³/mol. The standard InChI is InChI=1S/C37H50N8O9/c1-13-51-31(47)22-16-21(2)39-25(22)17-23-28-26(40-30(23)46)18-38-29(41-28)24-19-45(34(50)54-37(9,10)11)42-27(24)20-44(33(49)53-36(6,7)8)15-14-43(12)32(48)52-35(3,4)5/h16-19,39H,13-15,20H2,1-12H3,(H,40,46)/b23-17-. The second kappa shape index (κ2) is 15.7. The lowest BCUT2D eigenvalue weighted by molar-refractivity contribution is -0.110. The van der Waals surface area contributed by atoms with E-state index >= 15 is 0 Å². The molecule has 3 aromatic rings. The van der Waals surface area contributed by atoms with E-state index in [1.165, 1.54) is 28.3 Å². The van der Waals surface area contributed by atoms with E-state index in [0.717, 1.165) is 4.68 Å². The van der Waals surface area contributed by atoms with Crippen molar-refractivity contribution in [2.75, 3.05) is 32.1 Å². The summed E-state index contributed by atoms with van der Waals surface area (Å²) in [6, 6.07) is 1.63. The molecule has 4 rings (SSSR count). The zero-order valence-electron chi connectivity index (χ0n) is 33.0. The van der Waals surface area contributed by atoms with Crippen molar-refractivity contribution < 1.29 is 42.9 Å². The van der Waals surface area contributed by atoms with E-state index in [1.54, 1.807) is 89.3 Å². The van der Waals surface area contributed by atoms with Gasteiger partial charge in [0.05, 0.1) is 53.1 Å². The topological polar surface area (TPSA) is 200 Å². The van der Waals surface area contributed by atoms with Gasteiger partial charge in [0.15, 0.2) is 5.82 Å². The number of aromatic nitrogens is 5. The van der Waals surface area contributed by atoms with Crippen molar-refractivity contribution >= 4 is 47.5 Å². The molecule has 0 unspecified atom stereocenters. The van der Waals surface area contributed by atoms with Crippen molar-refractivity contribution in [3.63, 3.8) is 0 Å². The highest BCUT2D eigenvalue weighted by molar-refractivity contribution is 6.34. The number of rotatable bonds is 9. The molecule has 1 aliphatic rings. The Morgan fingerprint density at radius 2 is 1.56 bits per heavy atom. The van der Waals surface area contributed by atoms with Gasteiger partial charge in [0, 0.05) is 32.0 Å². The number of hydrogen-bond acceptors (Lipinski definition) is 12. The molecular formula is C37H50N8O9. The largest absolute Gasteiger partial charge is 0.462 e. The molecule has 17 nitrogen and oxygen atoms in total. The number of aryl methyl sites for hydroxylation is 1. The monoisotopic (exact) mass is 750 g/mol. The SMILES string of the molecule is CCOC(=O)c1cc(C)[nH]c1/C=C1\C(=O)Nc2cnc(-c3cn(C(=O)OC(C)(C)C)nc3CN(CCN(C)C(=O)OC(C)(C)C)C(=O)OC(C)(C)C)nc21. The highest BCUT2D eigenvalue weighted by Gasteiger charge is 2.32. The first-order valence-corrected chi connectivity index (χ1v) is 17.5. The zero-order chi connectivity index (χ0) is 40.3. The Kier molecular flexibility index (Phi) is 11.9. The Hall–Kier alpha value is -5.74. The number of carbonyl (C=O) groups is 5. The van der Waals surface area contributed by atoms with Gasteiger partial charge < -0.3 is 39.0 Å². The van der Waals surface area contributed by atoms with Crippen LogP contribution in [0, 0.1) is 6.92 Å². The minimum absolute atomic E-state index is 0.00188. The molecule has 17 heteroatoms. The summed E-state index contributed by atoms with van der Waals surface area (Å²) in [7, 11) is 1.55. The average Bonchev–Trinajstić information content (AvgIpc) is 3.71. The van der Waals surface area contributed by atoms with Crippen LogP contribution in [0.3, 0.4) is 0 Å². The lowest BCUT2D eigenvalue weighted by Crippen LogP contribution is -2.43. The van der Waals surface area contributed by atoms with Crippen molar-refractivity contribution in [3.8, 4) is 11.4 Å². The molecule has 0 aliphatic carbocycles. The van der Waals surface area contributed by atoms with Crippen LogP contribution in [0.15, 0.2) is 18.5 Å². The molecule has 1 aliphatic heterocycles. The van der Waals surface area contributed by atoms with Crippen molar-refractivity contribution in [2.24, 2.45) is 0 Å². The number of H-pyrrole nitrogens is 1. The number of ether oxygens (including phenoxy) is 4. The van der Waals surface area contributed by atoms with E-state index in [0.29, 0.717) is 17.1 Å². The molecule has 0 saturated heterocycles. The van der Waals surface area contributed by atoms with E-state index in [1.807, 2.05) is 0 Å². The molecule has 0 fully saturated rings. The Morgan fingerprint density at radius 3 is 2.17 bits per heavy atom. The summed E-state index contributed by atoms with van der Waals surface area (Å²) in [6.07, 6.45) is 2.23. The molecule has 0 radical (unpaired) electrons. The van der Waals surface area contributed by atoms with Crippen LogP contribution >= 0.6 is 0 Å². The summed E-state index contributed by atoms with van der Waals surface area (Å²) < 4.78 is 22.9. The highest BCUT2D eigenvalue weighted by Crippen LogP contribution is 2.34. The highest BCUT2D eigenvalue weighted by atomic mass is 16.6. The number of likely N-dealkylation sites (N-methyl/N-ethyl adjacent to an activating group) is 1. The average molecular weight is 751 g/mol. The van der Waals surface area contributed by atoms with Crippen LogP contribution < -0.4 is 5.32 Å². The summed E-state index contributed by atoms with van der Waals surface area (Å²) in [6.45, 7) is 19.1. The van der Waals surface area contributed by atoms with Gasteiger partial charge in [-0.2, -0.15) is 9.78 Å². The van der Waals surface area contributed by atoms with Gasteiger partial charge in [0.1, 0.15) is 22.5 Å². The Morgan fingerprint density at radius 1 is 0.926 bits per heavy atom. The molecule has 54 heavy (non-hydrogen) atoms. The number of esters is 1. The fraction of sp³-hybridized carbons (Fsp3) is 0.514.